The number of rotatable bonds is 4. The average molecular weight is 321 g/mol. The Labute approximate surface area is 138 Å². The van der Waals surface area contributed by atoms with Crippen molar-refractivity contribution in [2.24, 2.45) is 0 Å². The fourth-order valence-corrected chi connectivity index (χ4v) is 3.73. The summed E-state index contributed by atoms with van der Waals surface area (Å²) in [6.07, 6.45) is 0.481. The zero-order valence-electron chi connectivity index (χ0n) is 14.2. The van der Waals surface area contributed by atoms with E-state index in [1.807, 2.05) is 12.1 Å². The van der Waals surface area contributed by atoms with Crippen molar-refractivity contribution in [1.82, 2.24) is 15.1 Å². The molecule has 3 atom stereocenters. The van der Waals surface area contributed by atoms with Gasteiger partial charge in [-0.1, -0.05) is 12.1 Å². The van der Waals surface area contributed by atoms with Gasteiger partial charge in [0.25, 0.3) is 0 Å². The molecule has 0 bridgehead atoms. The molecule has 2 fully saturated rings. The van der Waals surface area contributed by atoms with Crippen molar-refractivity contribution < 1.29 is 9.13 Å². The highest BCUT2D eigenvalue weighted by atomic mass is 19.1. The molecule has 2 heterocycles. The maximum atomic E-state index is 13.3. The minimum Gasteiger partial charge on any atom is -0.373 e. The van der Waals surface area contributed by atoms with Crippen molar-refractivity contribution in [1.29, 1.82) is 0 Å². The van der Waals surface area contributed by atoms with Gasteiger partial charge in [-0.2, -0.15) is 0 Å². The first-order valence-electron chi connectivity index (χ1n) is 8.70. The highest BCUT2D eigenvalue weighted by Gasteiger charge is 2.30. The molecule has 0 radical (unpaired) electrons. The molecule has 2 aliphatic heterocycles. The standard InChI is InChI=1S/C18H28FN3O/c1-14-11-22(12-15(2)23-14)18(13-21-9-7-20-8-10-21)16-3-5-17(19)6-4-16/h3-6,14-15,18,20H,7-13H2,1-2H3. The van der Waals surface area contributed by atoms with Crippen LogP contribution in [0.4, 0.5) is 4.39 Å². The predicted molar refractivity (Wildman–Crippen MR) is 90.0 cm³/mol. The SMILES string of the molecule is CC1CN(C(CN2CCNCC2)c2ccc(F)cc2)CC(C)O1. The Morgan fingerprint density at radius 2 is 1.74 bits per heavy atom. The zero-order chi connectivity index (χ0) is 16.2. The number of hydrogen-bond donors (Lipinski definition) is 1. The second-order valence-corrected chi connectivity index (χ2v) is 6.83. The van der Waals surface area contributed by atoms with Gasteiger partial charge in [0.05, 0.1) is 12.2 Å². The van der Waals surface area contributed by atoms with Gasteiger partial charge in [-0.25, -0.2) is 4.39 Å². The Balaban J connectivity index is 1.78. The Kier molecular flexibility index (Phi) is 5.64. The molecule has 128 valence electrons. The molecule has 0 spiro atoms. The number of hydrogen-bond acceptors (Lipinski definition) is 4. The van der Waals surface area contributed by atoms with Crippen LogP contribution < -0.4 is 5.32 Å². The van der Waals surface area contributed by atoms with E-state index in [0.717, 1.165) is 45.8 Å². The minimum atomic E-state index is -0.168. The van der Waals surface area contributed by atoms with Crippen molar-refractivity contribution in [3.8, 4) is 0 Å². The van der Waals surface area contributed by atoms with E-state index in [-0.39, 0.29) is 18.0 Å². The Bertz CT molecular complexity index is 480. The molecule has 2 aliphatic rings. The smallest absolute Gasteiger partial charge is 0.123 e. The summed E-state index contributed by atoms with van der Waals surface area (Å²) in [5.41, 5.74) is 1.20. The van der Waals surface area contributed by atoms with Gasteiger partial charge in [-0.05, 0) is 31.5 Å². The molecule has 4 nitrogen and oxygen atoms in total. The van der Waals surface area contributed by atoms with E-state index in [2.05, 4.69) is 29.0 Å². The third kappa shape index (κ3) is 4.51. The minimum absolute atomic E-state index is 0.168. The highest BCUT2D eigenvalue weighted by molar-refractivity contribution is 5.21. The number of morpholine rings is 1. The van der Waals surface area contributed by atoms with E-state index in [1.165, 1.54) is 5.56 Å². The fourth-order valence-electron chi connectivity index (χ4n) is 3.73. The van der Waals surface area contributed by atoms with Crippen molar-refractivity contribution in [3.63, 3.8) is 0 Å². The van der Waals surface area contributed by atoms with Crippen LogP contribution in [0.1, 0.15) is 25.5 Å². The summed E-state index contributed by atoms with van der Waals surface area (Å²) in [6, 6.07) is 7.32. The van der Waals surface area contributed by atoms with Crippen LogP contribution in [-0.2, 0) is 4.74 Å². The number of benzene rings is 1. The largest absolute Gasteiger partial charge is 0.373 e. The monoisotopic (exact) mass is 321 g/mol. The second kappa shape index (κ2) is 7.71. The average Bonchev–Trinajstić information content (AvgIpc) is 2.54. The molecule has 5 heteroatoms. The lowest BCUT2D eigenvalue weighted by atomic mass is 10.0. The van der Waals surface area contributed by atoms with Crippen molar-refractivity contribution in [2.45, 2.75) is 32.1 Å². The van der Waals surface area contributed by atoms with E-state index in [1.54, 1.807) is 12.1 Å². The van der Waals surface area contributed by atoms with E-state index >= 15 is 0 Å². The highest BCUT2D eigenvalue weighted by Crippen LogP contribution is 2.26. The fraction of sp³-hybridized carbons (Fsp3) is 0.667. The van der Waals surface area contributed by atoms with Gasteiger partial charge >= 0.3 is 0 Å². The zero-order valence-corrected chi connectivity index (χ0v) is 14.2. The van der Waals surface area contributed by atoms with Gasteiger partial charge in [-0.3, -0.25) is 9.80 Å². The summed E-state index contributed by atoms with van der Waals surface area (Å²) < 4.78 is 19.2. The molecule has 23 heavy (non-hydrogen) atoms. The molecular weight excluding hydrogens is 293 g/mol. The molecule has 0 aliphatic carbocycles. The lowest BCUT2D eigenvalue weighted by Gasteiger charge is -2.42. The van der Waals surface area contributed by atoms with Crippen molar-refractivity contribution in [2.75, 3.05) is 45.8 Å². The Hall–Kier alpha value is -1.01. The van der Waals surface area contributed by atoms with E-state index in [0.29, 0.717) is 6.04 Å². The van der Waals surface area contributed by atoms with Crippen molar-refractivity contribution >= 4 is 0 Å². The molecule has 3 rings (SSSR count). The summed E-state index contributed by atoms with van der Waals surface area (Å²) in [6.45, 7) is 11.4. The van der Waals surface area contributed by atoms with Crippen LogP contribution in [0, 0.1) is 5.82 Å². The number of ether oxygens (including phenoxy) is 1. The maximum absolute atomic E-state index is 13.3. The van der Waals surface area contributed by atoms with Crippen LogP contribution in [0.25, 0.3) is 0 Å². The summed E-state index contributed by atoms with van der Waals surface area (Å²) >= 11 is 0. The van der Waals surface area contributed by atoms with Crippen LogP contribution >= 0.6 is 0 Å². The van der Waals surface area contributed by atoms with Crippen LogP contribution in [-0.4, -0.2) is 67.8 Å². The molecule has 1 N–H and O–H groups in total. The summed E-state index contributed by atoms with van der Waals surface area (Å²) in [4.78, 5) is 5.02. The summed E-state index contributed by atoms with van der Waals surface area (Å²) in [5, 5.41) is 3.40. The quantitative estimate of drug-likeness (QED) is 0.916. The van der Waals surface area contributed by atoms with E-state index in [9.17, 15) is 4.39 Å². The Morgan fingerprint density at radius 1 is 1.13 bits per heavy atom. The van der Waals surface area contributed by atoms with Crippen LogP contribution in [0.2, 0.25) is 0 Å². The molecule has 0 saturated carbocycles. The van der Waals surface area contributed by atoms with Gasteiger partial charge in [-0.15, -0.1) is 0 Å². The summed E-state index contributed by atoms with van der Waals surface area (Å²) in [7, 11) is 0. The van der Waals surface area contributed by atoms with Gasteiger partial charge in [0.1, 0.15) is 5.82 Å². The third-order valence-corrected chi connectivity index (χ3v) is 4.78. The van der Waals surface area contributed by atoms with Crippen LogP contribution in [0.5, 0.6) is 0 Å². The van der Waals surface area contributed by atoms with Gasteiger partial charge in [0, 0.05) is 51.9 Å². The normalized spacial score (nSPS) is 28.7. The number of nitrogens with one attached hydrogen (secondary N) is 1. The maximum Gasteiger partial charge on any atom is 0.123 e. The second-order valence-electron chi connectivity index (χ2n) is 6.83. The molecule has 0 amide bonds. The molecular formula is C18H28FN3O. The third-order valence-electron chi connectivity index (χ3n) is 4.78. The number of halogens is 1. The van der Waals surface area contributed by atoms with Crippen LogP contribution in [0.15, 0.2) is 24.3 Å². The lowest BCUT2D eigenvalue weighted by molar-refractivity contribution is -0.0843. The predicted octanol–water partition coefficient (Wildman–Crippen LogP) is 1.88. The Morgan fingerprint density at radius 3 is 2.35 bits per heavy atom. The van der Waals surface area contributed by atoms with E-state index in [4.69, 9.17) is 4.74 Å². The molecule has 2 saturated heterocycles. The molecule has 0 aromatic heterocycles. The molecule has 1 aromatic rings. The van der Waals surface area contributed by atoms with E-state index < -0.39 is 0 Å². The number of nitrogens with zero attached hydrogens (tertiary/aromatic N) is 2. The number of piperazine rings is 1. The first-order valence-corrected chi connectivity index (χ1v) is 8.70. The molecule has 1 aromatic carbocycles. The first-order chi connectivity index (χ1) is 11.1. The lowest BCUT2D eigenvalue weighted by Crippen LogP contribution is -2.51. The summed E-state index contributed by atoms with van der Waals surface area (Å²) in [5.74, 6) is -0.168. The van der Waals surface area contributed by atoms with Crippen molar-refractivity contribution in [3.05, 3.63) is 35.6 Å². The van der Waals surface area contributed by atoms with Gasteiger partial charge < -0.3 is 10.1 Å². The first kappa shape index (κ1) is 16.8. The molecule has 3 unspecified atom stereocenters. The van der Waals surface area contributed by atoms with Crippen LogP contribution in [0.3, 0.4) is 0 Å². The van der Waals surface area contributed by atoms with Gasteiger partial charge in [0.2, 0.25) is 0 Å². The topological polar surface area (TPSA) is 27.7 Å². The van der Waals surface area contributed by atoms with Gasteiger partial charge in [0.15, 0.2) is 0 Å².